The summed E-state index contributed by atoms with van der Waals surface area (Å²) in [7, 11) is -2.37. The van der Waals surface area contributed by atoms with E-state index in [4.69, 9.17) is 14.7 Å². The van der Waals surface area contributed by atoms with E-state index < -0.39 is 44.0 Å². The quantitative estimate of drug-likeness (QED) is 0.154. The van der Waals surface area contributed by atoms with Crippen LogP contribution in [0.5, 0.6) is 0 Å². The maximum absolute atomic E-state index is 12.5. The smallest absolute Gasteiger partial charge is 0.315 e. The molecule has 0 aliphatic rings. The second-order valence-corrected chi connectivity index (χ2v) is 14.0. The molecule has 28 heavy (non-hydrogen) atoms. The Morgan fingerprint density at radius 2 is 1.75 bits per heavy atom. The number of carbonyl (C=O) groups excluding carboxylic acids is 3. The van der Waals surface area contributed by atoms with Gasteiger partial charge in [-0.15, -0.1) is 0 Å². The van der Waals surface area contributed by atoms with Gasteiger partial charge in [0.15, 0.2) is 8.32 Å². The first-order valence-corrected chi connectivity index (χ1v) is 12.1. The average Bonchev–Trinajstić information content (AvgIpc) is 2.48. The lowest BCUT2D eigenvalue weighted by Gasteiger charge is -2.41. The van der Waals surface area contributed by atoms with Crippen LogP contribution in [0, 0.1) is 0 Å². The molecule has 0 saturated heterocycles. The van der Waals surface area contributed by atoms with Gasteiger partial charge in [-0.25, -0.2) is 0 Å². The van der Waals surface area contributed by atoms with Gasteiger partial charge < -0.3 is 19.3 Å². The predicted molar refractivity (Wildman–Crippen MR) is 109 cm³/mol. The van der Waals surface area contributed by atoms with Crippen molar-refractivity contribution in [2.24, 2.45) is 5.11 Å². The zero-order chi connectivity index (χ0) is 22.3. The number of azide groups is 1. The van der Waals surface area contributed by atoms with Crippen LogP contribution in [-0.4, -0.2) is 50.3 Å². The number of hydrogen-bond acceptors (Lipinski definition) is 6. The van der Waals surface area contributed by atoms with Gasteiger partial charge in [-0.05, 0) is 50.9 Å². The van der Waals surface area contributed by atoms with Gasteiger partial charge in [0.1, 0.15) is 24.0 Å². The molecule has 9 nitrogen and oxygen atoms in total. The summed E-state index contributed by atoms with van der Waals surface area (Å²) in [5, 5.41) is 5.92. The largest absolute Gasteiger partial charge is 0.460 e. The van der Waals surface area contributed by atoms with E-state index in [0.717, 1.165) is 0 Å². The zero-order valence-electron chi connectivity index (χ0n) is 18.4. The van der Waals surface area contributed by atoms with Gasteiger partial charge >= 0.3 is 5.97 Å². The Morgan fingerprint density at radius 3 is 2.11 bits per heavy atom. The zero-order valence-corrected chi connectivity index (χ0v) is 19.4. The summed E-state index contributed by atoms with van der Waals surface area (Å²) in [5.74, 6) is -1.11. The average molecular weight is 415 g/mol. The van der Waals surface area contributed by atoms with Crippen LogP contribution in [-0.2, 0) is 23.5 Å². The lowest BCUT2D eigenvalue weighted by Crippen LogP contribution is -2.53. The minimum absolute atomic E-state index is 0.0881. The molecule has 10 heteroatoms. The Bertz CT molecular complexity index is 618. The van der Waals surface area contributed by atoms with Gasteiger partial charge in [0, 0.05) is 11.8 Å². The number of nitrogens with zero attached hydrogens (tertiary/aromatic N) is 3. The first-order valence-electron chi connectivity index (χ1n) is 9.21. The lowest BCUT2D eigenvalue weighted by atomic mass is 10.0. The highest BCUT2D eigenvalue weighted by molar-refractivity contribution is 6.74. The number of rotatable bonds is 9. The van der Waals surface area contributed by atoms with Crippen LogP contribution in [0.2, 0.25) is 18.1 Å². The van der Waals surface area contributed by atoms with Gasteiger partial charge in [-0.1, -0.05) is 25.9 Å². The molecular weight excluding hydrogens is 380 g/mol. The fourth-order valence-electron chi connectivity index (χ4n) is 2.12. The molecule has 0 aliphatic heterocycles. The van der Waals surface area contributed by atoms with Crippen LogP contribution in [0.25, 0.3) is 10.4 Å². The Labute approximate surface area is 168 Å². The minimum Gasteiger partial charge on any atom is -0.460 e. The summed E-state index contributed by atoms with van der Waals surface area (Å²) >= 11 is 0. The molecule has 0 aliphatic carbocycles. The van der Waals surface area contributed by atoms with Crippen molar-refractivity contribution in [3.8, 4) is 0 Å². The van der Waals surface area contributed by atoms with Crippen LogP contribution < -0.4 is 5.32 Å². The minimum atomic E-state index is -2.37. The van der Waals surface area contributed by atoms with Crippen molar-refractivity contribution >= 4 is 26.5 Å². The second kappa shape index (κ2) is 10.0. The van der Waals surface area contributed by atoms with Crippen molar-refractivity contribution in [1.82, 2.24) is 5.32 Å². The monoisotopic (exact) mass is 414 g/mol. The summed E-state index contributed by atoms with van der Waals surface area (Å²) in [5.41, 5.74) is 8.11. The Kier molecular flexibility index (Phi) is 9.36. The van der Waals surface area contributed by atoms with Gasteiger partial charge in [0.2, 0.25) is 5.91 Å². The molecule has 0 saturated carbocycles. The molecule has 0 radical (unpaired) electrons. The van der Waals surface area contributed by atoms with Crippen LogP contribution in [0.15, 0.2) is 5.11 Å². The lowest BCUT2D eigenvalue weighted by molar-refractivity contribution is -0.157. The van der Waals surface area contributed by atoms with Crippen LogP contribution in [0.1, 0.15) is 54.9 Å². The molecule has 0 aromatic carbocycles. The van der Waals surface area contributed by atoms with Crippen molar-refractivity contribution in [3.05, 3.63) is 10.4 Å². The van der Waals surface area contributed by atoms with Gasteiger partial charge in [-0.3, -0.25) is 9.59 Å². The number of amides is 1. The van der Waals surface area contributed by atoms with E-state index in [1.54, 1.807) is 20.8 Å². The van der Waals surface area contributed by atoms with E-state index in [1.807, 2.05) is 33.9 Å². The maximum atomic E-state index is 12.5. The van der Waals surface area contributed by atoms with E-state index in [0.29, 0.717) is 6.29 Å². The Morgan fingerprint density at radius 1 is 1.21 bits per heavy atom. The van der Waals surface area contributed by atoms with Crippen LogP contribution in [0.4, 0.5) is 0 Å². The Hall–Kier alpha value is -1.90. The highest BCUT2D eigenvalue weighted by atomic mass is 28.4. The molecule has 1 N–H and O–H groups in total. The molecule has 0 bridgehead atoms. The van der Waals surface area contributed by atoms with Gasteiger partial charge in [-0.2, -0.15) is 0 Å². The van der Waals surface area contributed by atoms with Gasteiger partial charge in [0.25, 0.3) is 0 Å². The van der Waals surface area contributed by atoms with E-state index in [2.05, 4.69) is 15.3 Å². The normalized spacial score (nSPS) is 15.6. The number of aldehydes is 1. The van der Waals surface area contributed by atoms with E-state index >= 15 is 0 Å². The summed E-state index contributed by atoms with van der Waals surface area (Å²) in [6.07, 6.45) is -0.360. The first kappa shape index (κ1) is 26.1. The first-order chi connectivity index (χ1) is 12.5. The van der Waals surface area contributed by atoms with Crippen LogP contribution >= 0.6 is 0 Å². The predicted octanol–water partition coefficient (Wildman–Crippen LogP) is 3.49. The standard InChI is InChI=1S/C18H34N4O5Si/c1-12(24)20-14(11-23)15(27-28(8,9)18(5,6)7)10-13(21-22-19)16(25)26-17(2,3)4/h11,13-15H,10H2,1-9H3,(H,20,24)/t13-,14-,15-/m0/s1. The Balaban J connectivity index is 5.86. The fourth-order valence-corrected chi connectivity index (χ4v) is 3.47. The molecule has 1 amide bonds. The molecule has 0 aromatic heterocycles. The summed E-state index contributed by atoms with van der Waals surface area (Å²) in [6, 6.07) is -2.17. The van der Waals surface area contributed by atoms with Crippen molar-refractivity contribution < 1.29 is 23.5 Å². The molecular formula is C18H34N4O5Si. The number of nitrogens with one attached hydrogen (secondary N) is 1. The summed E-state index contributed by atoms with van der Waals surface area (Å²) in [4.78, 5) is 38.4. The van der Waals surface area contributed by atoms with Crippen molar-refractivity contribution in [2.75, 3.05) is 0 Å². The summed E-state index contributed by atoms with van der Waals surface area (Å²) < 4.78 is 11.6. The number of esters is 1. The number of ether oxygens (including phenoxy) is 1. The molecule has 0 rings (SSSR count). The SMILES string of the molecule is CC(=O)N[C@@H](C=O)[C@H](C[C@H](N=[N+]=[N-])C(=O)OC(C)(C)C)O[Si](C)(C)C(C)(C)C. The van der Waals surface area contributed by atoms with Gasteiger partial charge in [0.05, 0.1) is 6.10 Å². The van der Waals surface area contributed by atoms with E-state index in [-0.39, 0.29) is 11.5 Å². The van der Waals surface area contributed by atoms with E-state index in [9.17, 15) is 14.4 Å². The maximum Gasteiger partial charge on any atom is 0.315 e. The fraction of sp³-hybridized carbons (Fsp3) is 0.833. The summed E-state index contributed by atoms with van der Waals surface area (Å²) in [6.45, 7) is 16.5. The number of carbonyl (C=O) groups is 3. The van der Waals surface area contributed by atoms with Crippen molar-refractivity contribution in [3.63, 3.8) is 0 Å². The molecule has 160 valence electrons. The topological polar surface area (TPSA) is 130 Å². The third-order valence-corrected chi connectivity index (χ3v) is 9.00. The highest BCUT2D eigenvalue weighted by Crippen LogP contribution is 2.38. The molecule has 0 fully saturated rings. The molecule has 0 aromatic rings. The van der Waals surface area contributed by atoms with Crippen molar-refractivity contribution in [2.45, 2.75) is 96.8 Å². The molecule has 3 atom stereocenters. The molecule has 0 unspecified atom stereocenters. The van der Waals surface area contributed by atoms with Crippen molar-refractivity contribution in [1.29, 1.82) is 0 Å². The third-order valence-electron chi connectivity index (χ3n) is 4.49. The second-order valence-electron chi connectivity index (χ2n) is 9.27. The molecule has 0 spiro atoms. The van der Waals surface area contributed by atoms with E-state index in [1.165, 1.54) is 6.92 Å². The third kappa shape index (κ3) is 8.86. The number of hydrogen-bond donors (Lipinski definition) is 1. The highest BCUT2D eigenvalue weighted by Gasteiger charge is 2.42. The molecule has 0 heterocycles. The van der Waals surface area contributed by atoms with Crippen LogP contribution in [0.3, 0.4) is 0 Å².